The van der Waals surface area contributed by atoms with Crippen LogP contribution in [-0.2, 0) is 10.0 Å². The Bertz CT molecular complexity index is 517. The average molecular weight is 287 g/mol. The maximum atomic E-state index is 12.0. The Labute approximate surface area is 112 Å². The molecule has 1 aromatic heterocycles. The maximum absolute atomic E-state index is 12.0. The van der Waals surface area contributed by atoms with Crippen LogP contribution < -0.4 is 10.5 Å². The Morgan fingerprint density at radius 2 is 2.28 bits per heavy atom. The van der Waals surface area contributed by atoms with Crippen LogP contribution in [0.4, 0.5) is 0 Å². The van der Waals surface area contributed by atoms with Gasteiger partial charge in [-0.05, 0) is 18.6 Å². The smallest absolute Gasteiger partial charge is 0.250 e. The lowest BCUT2D eigenvalue weighted by molar-refractivity contribution is 0.517. The third-order valence-corrected chi connectivity index (χ3v) is 5.47. The number of nitriles is 1. The molecule has 0 amide bonds. The first-order valence-electron chi connectivity index (χ1n) is 5.75. The standard InChI is InChI=1S/C11H17N3O2S2/c1-2-3-4-9(7-12)14-18(15,16)11-6-5-10(8-13)17-11/h5-6,9,14H,2-4,7,12H2,1H3. The van der Waals surface area contributed by atoms with E-state index in [1.165, 1.54) is 12.1 Å². The molecule has 0 aliphatic rings. The number of hydrogen-bond acceptors (Lipinski definition) is 5. The van der Waals surface area contributed by atoms with E-state index in [4.69, 9.17) is 11.0 Å². The number of unbranched alkanes of at least 4 members (excludes halogenated alkanes) is 1. The normalized spacial score (nSPS) is 13.2. The first-order valence-corrected chi connectivity index (χ1v) is 8.05. The van der Waals surface area contributed by atoms with Gasteiger partial charge in [0, 0.05) is 12.6 Å². The molecule has 18 heavy (non-hydrogen) atoms. The summed E-state index contributed by atoms with van der Waals surface area (Å²) in [5.41, 5.74) is 5.55. The second kappa shape index (κ2) is 6.85. The quantitative estimate of drug-likeness (QED) is 0.792. The zero-order valence-corrected chi connectivity index (χ0v) is 11.9. The first kappa shape index (κ1) is 15.1. The Morgan fingerprint density at radius 3 is 2.78 bits per heavy atom. The number of rotatable bonds is 7. The van der Waals surface area contributed by atoms with Crippen molar-refractivity contribution in [2.24, 2.45) is 5.73 Å². The molecule has 1 heterocycles. The summed E-state index contributed by atoms with van der Waals surface area (Å²) in [7, 11) is -3.55. The predicted octanol–water partition coefficient (Wildman–Crippen LogP) is 1.42. The van der Waals surface area contributed by atoms with Crippen molar-refractivity contribution >= 4 is 21.4 Å². The highest BCUT2D eigenvalue weighted by molar-refractivity contribution is 7.91. The summed E-state index contributed by atoms with van der Waals surface area (Å²) >= 11 is 0.964. The Morgan fingerprint density at radius 1 is 1.56 bits per heavy atom. The molecule has 1 atom stereocenters. The van der Waals surface area contributed by atoms with Crippen LogP contribution in [0.25, 0.3) is 0 Å². The summed E-state index contributed by atoms with van der Waals surface area (Å²) in [6.07, 6.45) is 2.65. The number of sulfonamides is 1. The molecule has 3 N–H and O–H groups in total. The SMILES string of the molecule is CCCCC(CN)NS(=O)(=O)c1ccc(C#N)s1. The molecule has 0 aliphatic heterocycles. The minimum Gasteiger partial charge on any atom is -0.329 e. The minimum absolute atomic E-state index is 0.161. The Hall–Kier alpha value is -0.940. The van der Waals surface area contributed by atoms with Gasteiger partial charge >= 0.3 is 0 Å². The minimum atomic E-state index is -3.55. The topological polar surface area (TPSA) is 96.0 Å². The summed E-state index contributed by atoms with van der Waals surface area (Å²) in [6, 6.07) is 4.62. The highest BCUT2D eigenvalue weighted by Gasteiger charge is 2.20. The van der Waals surface area contributed by atoms with Crippen molar-refractivity contribution in [3.8, 4) is 6.07 Å². The lowest BCUT2D eigenvalue weighted by Gasteiger charge is -2.15. The molecule has 0 saturated heterocycles. The Kier molecular flexibility index (Phi) is 5.75. The molecule has 1 rings (SSSR count). The maximum Gasteiger partial charge on any atom is 0.250 e. The summed E-state index contributed by atoms with van der Waals surface area (Å²) < 4.78 is 26.8. The molecule has 0 spiro atoms. The number of hydrogen-bond donors (Lipinski definition) is 2. The van der Waals surface area contributed by atoms with Gasteiger partial charge in [0.2, 0.25) is 10.0 Å². The third-order valence-electron chi connectivity index (χ3n) is 2.47. The van der Waals surface area contributed by atoms with Gasteiger partial charge in [0.05, 0.1) is 0 Å². The van der Waals surface area contributed by atoms with Crippen molar-refractivity contribution in [2.45, 2.75) is 36.4 Å². The van der Waals surface area contributed by atoms with E-state index in [0.717, 1.165) is 30.6 Å². The van der Waals surface area contributed by atoms with E-state index in [1.54, 1.807) is 0 Å². The largest absolute Gasteiger partial charge is 0.329 e. The van der Waals surface area contributed by atoms with Gasteiger partial charge in [-0.25, -0.2) is 13.1 Å². The van der Waals surface area contributed by atoms with E-state index in [-0.39, 0.29) is 16.8 Å². The van der Waals surface area contributed by atoms with Crippen LogP contribution in [-0.4, -0.2) is 21.0 Å². The molecule has 100 valence electrons. The second-order valence-corrected chi connectivity index (χ2v) is 6.95. The van der Waals surface area contributed by atoms with Gasteiger partial charge in [0.25, 0.3) is 0 Å². The van der Waals surface area contributed by atoms with Gasteiger partial charge in [-0.3, -0.25) is 0 Å². The van der Waals surface area contributed by atoms with Crippen LogP contribution in [0.3, 0.4) is 0 Å². The van der Waals surface area contributed by atoms with Gasteiger partial charge in [0.15, 0.2) is 0 Å². The summed E-state index contributed by atoms with van der Waals surface area (Å²) in [5, 5.41) is 8.69. The van der Waals surface area contributed by atoms with Gasteiger partial charge in [-0.2, -0.15) is 5.26 Å². The van der Waals surface area contributed by atoms with E-state index >= 15 is 0 Å². The molecule has 0 aliphatic carbocycles. The molecule has 1 aromatic rings. The molecule has 7 heteroatoms. The van der Waals surface area contributed by atoms with Crippen LogP contribution in [0.1, 0.15) is 31.1 Å². The van der Waals surface area contributed by atoms with Crippen molar-refractivity contribution in [3.05, 3.63) is 17.0 Å². The predicted molar refractivity (Wildman–Crippen MR) is 71.7 cm³/mol. The summed E-state index contributed by atoms with van der Waals surface area (Å²) in [4.78, 5) is 0.383. The van der Waals surface area contributed by atoms with Gasteiger partial charge in [-0.15, -0.1) is 11.3 Å². The fourth-order valence-electron chi connectivity index (χ4n) is 1.48. The molecule has 0 saturated carbocycles. The molecule has 0 bridgehead atoms. The van der Waals surface area contributed by atoms with Crippen molar-refractivity contribution in [1.82, 2.24) is 4.72 Å². The first-order chi connectivity index (χ1) is 8.53. The molecular weight excluding hydrogens is 270 g/mol. The highest BCUT2D eigenvalue weighted by atomic mass is 32.2. The van der Waals surface area contributed by atoms with Crippen molar-refractivity contribution in [2.75, 3.05) is 6.54 Å². The van der Waals surface area contributed by atoms with Crippen LogP contribution in [0.5, 0.6) is 0 Å². The van der Waals surface area contributed by atoms with Crippen molar-refractivity contribution in [1.29, 1.82) is 5.26 Å². The fourth-order valence-corrected chi connectivity index (χ4v) is 3.88. The molecule has 0 aromatic carbocycles. The second-order valence-electron chi connectivity index (χ2n) is 3.93. The van der Waals surface area contributed by atoms with E-state index in [2.05, 4.69) is 4.72 Å². The van der Waals surface area contributed by atoms with Crippen LogP contribution in [0, 0.1) is 11.3 Å². The molecular formula is C11H17N3O2S2. The fraction of sp³-hybridized carbons (Fsp3) is 0.545. The molecule has 5 nitrogen and oxygen atoms in total. The average Bonchev–Trinajstić information content (AvgIpc) is 2.83. The van der Waals surface area contributed by atoms with Crippen LogP contribution >= 0.6 is 11.3 Å². The summed E-state index contributed by atoms with van der Waals surface area (Å²) in [5.74, 6) is 0. The monoisotopic (exact) mass is 287 g/mol. The number of nitrogens with zero attached hydrogens (tertiary/aromatic N) is 1. The van der Waals surface area contributed by atoms with E-state index in [1.807, 2.05) is 13.0 Å². The lowest BCUT2D eigenvalue weighted by Crippen LogP contribution is -2.39. The van der Waals surface area contributed by atoms with E-state index < -0.39 is 10.0 Å². The molecule has 0 fully saturated rings. The van der Waals surface area contributed by atoms with Crippen LogP contribution in [0.15, 0.2) is 16.3 Å². The van der Waals surface area contributed by atoms with Gasteiger partial charge in [-0.1, -0.05) is 19.8 Å². The van der Waals surface area contributed by atoms with Gasteiger partial charge < -0.3 is 5.73 Å². The van der Waals surface area contributed by atoms with Crippen molar-refractivity contribution < 1.29 is 8.42 Å². The molecule has 1 unspecified atom stereocenters. The zero-order valence-electron chi connectivity index (χ0n) is 10.2. The summed E-state index contributed by atoms with van der Waals surface area (Å²) in [6.45, 7) is 2.32. The van der Waals surface area contributed by atoms with Gasteiger partial charge in [0.1, 0.15) is 15.2 Å². The van der Waals surface area contributed by atoms with Crippen molar-refractivity contribution in [3.63, 3.8) is 0 Å². The number of nitrogens with one attached hydrogen (secondary N) is 1. The lowest BCUT2D eigenvalue weighted by atomic mass is 10.1. The third kappa shape index (κ3) is 4.07. The molecule has 0 radical (unpaired) electrons. The van der Waals surface area contributed by atoms with E-state index in [0.29, 0.717) is 4.88 Å². The van der Waals surface area contributed by atoms with Crippen LogP contribution in [0.2, 0.25) is 0 Å². The Balaban J connectivity index is 2.77. The number of thiophene rings is 1. The van der Waals surface area contributed by atoms with E-state index in [9.17, 15) is 8.42 Å². The highest BCUT2D eigenvalue weighted by Crippen LogP contribution is 2.21. The number of nitrogens with two attached hydrogens (primary N) is 1. The zero-order chi connectivity index (χ0) is 13.6.